The number of nitrogens with zero attached hydrogens (tertiary/aromatic N) is 2. The molecule has 0 spiro atoms. The number of benzene rings is 2. The second-order valence-corrected chi connectivity index (χ2v) is 7.32. The van der Waals surface area contributed by atoms with Crippen LogP contribution in [0.25, 0.3) is 22.2 Å². The Hall–Kier alpha value is -4.00. The van der Waals surface area contributed by atoms with Crippen molar-refractivity contribution in [3.8, 4) is 28.4 Å². The normalized spacial score (nSPS) is 12.2. The number of carbonyl (C=O) groups is 1. The van der Waals surface area contributed by atoms with Crippen LogP contribution in [0.5, 0.6) is 17.2 Å². The quantitative estimate of drug-likeness (QED) is 0.414. The molecule has 1 aliphatic heterocycles. The first-order chi connectivity index (χ1) is 15.7. The standard InChI is InChI=1S/C25H22N2O5/c1-3-30-25(28)23-22(17-7-9-18(29-2)10-8-17)19-5-4-12-26-24(19)27(23)14-16-6-11-20-21(13-16)32-15-31-20/h4-13H,3,14-15H2,1-2H3. The van der Waals surface area contributed by atoms with Gasteiger partial charge in [0.1, 0.15) is 17.1 Å². The van der Waals surface area contributed by atoms with E-state index in [0.717, 1.165) is 27.8 Å². The van der Waals surface area contributed by atoms with Crippen LogP contribution in [0.15, 0.2) is 60.8 Å². The van der Waals surface area contributed by atoms with Crippen molar-refractivity contribution in [3.63, 3.8) is 0 Å². The molecule has 0 atom stereocenters. The van der Waals surface area contributed by atoms with Crippen LogP contribution in [-0.4, -0.2) is 36.0 Å². The van der Waals surface area contributed by atoms with Crippen molar-refractivity contribution in [2.75, 3.05) is 20.5 Å². The van der Waals surface area contributed by atoms with Crippen molar-refractivity contribution in [3.05, 3.63) is 72.1 Å². The molecule has 0 N–H and O–H groups in total. The van der Waals surface area contributed by atoms with Crippen molar-refractivity contribution in [2.45, 2.75) is 13.5 Å². The molecule has 1 aliphatic rings. The zero-order valence-corrected chi connectivity index (χ0v) is 17.8. The Morgan fingerprint density at radius 2 is 1.91 bits per heavy atom. The smallest absolute Gasteiger partial charge is 0.355 e. The molecule has 0 amide bonds. The van der Waals surface area contributed by atoms with Gasteiger partial charge in [0.15, 0.2) is 11.5 Å². The fourth-order valence-corrected chi connectivity index (χ4v) is 4.01. The topological polar surface area (TPSA) is 71.8 Å². The second-order valence-electron chi connectivity index (χ2n) is 7.32. The predicted molar refractivity (Wildman–Crippen MR) is 119 cm³/mol. The Labute approximate surface area is 185 Å². The first kappa shape index (κ1) is 19.9. The Bertz CT molecular complexity index is 1290. The molecular weight excluding hydrogens is 408 g/mol. The van der Waals surface area contributed by atoms with Gasteiger partial charge in [-0.25, -0.2) is 9.78 Å². The molecule has 2 aromatic carbocycles. The summed E-state index contributed by atoms with van der Waals surface area (Å²) in [6.45, 7) is 2.71. The Kier molecular flexibility index (Phi) is 5.15. The first-order valence-corrected chi connectivity index (χ1v) is 10.4. The van der Waals surface area contributed by atoms with E-state index >= 15 is 0 Å². The Balaban J connectivity index is 1.70. The highest BCUT2D eigenvalue weighted by Crippen LogP contribution is 2.37. The largest absolute Gasteiger partial charge is 0.497 e. The van der Waals surface area contributed by atoms with E-state index in [-0.39, 0.29) is 13.4 Å². The summed E-state index contributed by atoms with van der Waals surface area (Å²) in [5.41, 5.74) is 3.80. The van der Waals surface area contributed by atoms with E-state index in [1.54, 1.807) is 20.2 Å². The van der Waals surface area contributed by atoms with Crippen LogP contribution in [0.1, 0.15) is 23.0 Å². The van der Waals surface area contributed by atoms with Gasteiger partial charge >= 0.3 is 5.97 Å². The maximum absolute atomic E-state index is 13.2. The molecule has 0 saturated heterocycles. The van der Waals surface area contributed by atoms with E-state index in [9.17, 15) is 4.79 Å². The number of methoxy groups -OCH3 is 1. The molecule has 0 aliphatic carbocycles. The highest BCUT2D eigenvalue weighted by Gasteiger charge is 2.26. The minimum absolute atomic E-state index is 0.211. The molecule has 0 unspecified atom stereocenters. The van der Waals surface area contributed by atoms with Gasteiger partial charge in [0.05, 0.1) is 20.3 Å². The SMILES string of the molecule is CCOC(=O)c1c(-c2ccc(OC)cc2)c2cccnc2n1Cc1ccc2c(c1)OCO2. The van der Waals surface area contributed by atoms with Gasteiger partial charge in [0.25, 0.3) is 0 Å². The number of esters is 1. The molecule has 32 heavy (non-hydrogen) atoms. The molecule has 3 heterocycles. The number of hydrogen-bond acceptors (Lipinski definition) is 6. The van der Waals surface area contributed by atoms with Crippen LogP contribution in [0.4, 0.5) is 0 Å². The summed E-state index contributed by atoms with van der Waals surface area (Å²) < 4.78 is 23.6. The summed E-state index contributed by atoms with van der Waals surface area (Å²) >= 11 is 0. The monoisotopic (exact) mass is 430 g/mol. The van der Waals surface area contributed by atoms with Gasteiger partial charge in [0.2, 0.25) is 6.79 Å². The Morgan fingerprint density at radius 3 is 2.69 bits per heavy atom. The van der Waals surface area contributed by atoms with Crippen molar-refractivity contribution in [2.24, 2.45) is 0 Å². The van der Waals surface area contributed by atoms with Crippen LogP contribution in [0, 0.1) is 0 Å². The maximum Gasteiger partial charge on any atom is 0.355 e. The van der Waals surface area contributed by atoms with Crippen molar-refractivity contribution in [1.82, 2.24) is 9.55 Å². The third-order valence-corrected chi connectivity index (χ3v) is 5.44. The van der Waals surface area contributed by atoms with Crippen molar-refractivity contribution >= 4 is 17.0 Å². The highest BCUT2D eigenvalue weighted by molar-refractivity contribution is 6.07. The molecule has 0 fully saturated rings. The fraction of sp³-hybridized carbons (Fsp3) is 0.200. The van der Waals surface area contributed by atoms with Crippen LogP contribution < -0.4 is 14.2 Å². The van der Waals surface area contributed by atoms with Gasteiger partial charge in [-0.05, 0) is 54.4 Å². The lowest BCUT2D eigenvalue weighted by Crippen LogP contribution is -2.14. The lowest BCUT2D eigenvalue weighted by atomic mass is 10.0. The zero-order chi connectivity index (χ0) is 22.1. The van der Waals surface area contributed by atoms with Crippen LogP contribution in [-0.2, 0) is 11.3 Å². The van der Waals surface area contributed by atoms with E-state index in [4.69, 9.17) is 18.9 Å². The first-order valence-electron chi connectivity index (χ1n) is 10.4. The van der Waals surface area contributed by atoms with Crippen LogP contribution in [0.3, 0.4) is 0 Å². The van der Waals surface area contributed by atoms with Gasteiger partial charge < -0.3 is 23.5 Å². The maximum atomic E-state index is 13.2. The molecule has 7 heteroatoms. The average molecular weight is 430 g/mol. The van der Waals surface area contributed by atoms with Gasteiger partial charge in [-0.2, -0.15) is 0 Å². The van der Waals surface area contributed by atoms with E-state index in [1.165, 1.54) is 0 Å². The summed E-state index contributed by atoms with van der Waals surface area (Å²) in [6, 6.07) is 17.2. The summed E-state index contributed by atoms with van der Waals surface area (Å²) in [7, 11) is 1.63. The van der Waals surface area contributed by atoms with E-state index in [1.807, 2.05) is 59.2 Å². The van der Waals surface area contributed by atoms with Crippen molar-refractivity contribution < 1.29 is 23.7 Å². The predicted octanol–water partition coefficient (Wildman–Crippen LogP) is 4.67. The van der Waals surface area contributed by atoms with Gasteiger partial charge in [-0.3, -0.25) is 0 Å². The second kappa shape index (κ2) is 8.26. The molecule has 7 nitrogen and oxygen atoms in total. The number of hydrogen-bond donors (Lipinski definition) is 0. The summed E-state index contributed by atoms with van der Waals surface area (Å²) in [6.07, 6.45) is 1.73. The molecule has 162 valence electrons. The van der Waals surface area contributed by atoms with Crippen LogP contribution in [0.2, 0.25) is 0 Å². The molecule has 0 radical (unpaired) electrons. The van der Waals surface area contributed by atoms with Crippen molar-refractivity contribution in [1.29, 1.82) is 0 Å². The number of rotatable bonds is 6. The van der Waals surface area contributed by atoms with E-state index < -0.39 is 5.97 Å². The van der Waals surface area contributed by atoms with E-state index in [2.05, 4.69) is 4.98 Å². The molecule has 0 saturated carbocycles. The molecule has 5 rings (SSSR count). The lowest BCUT2D eigenvalue weighted by Gasteiger charge is -2.12. The Morgan fingerprint density at radius 1 is 1.09 bits per heavy atom. The molecule has 2 aromatic heterocycles. The van der Waals surface area contributed by atoms with Gasteiger partial charge in [-0.15, -0.1) is 0 Å². The van der Waals surface area contributed by atoms with Crippen LogP contribution >= 0.6 is 0 Å². The van der Waals surface area contributed by atoms with Gasteiger partial charge in [-0.1, -0.05) is 18.2 Å². The minimum atomic E-state index is -0.392. The minimum Gasteiger partial charge on any atom is -0.497 e. The number of carbonyl (C=O) groups excluding carboxylic acids is 1. The highest BCUT2D eigenvalue weighted by atomic mass is 16.7. The fourth-order valence-electron chi connectivity index (χ4n) is 4.01. The molecule has 4 aromatic rings. The number of ether oxygens (including phenoxy) is 4. The number of pyridine rings is 1. The summed E-state index contributed by atoms with van der Waals surface area (Å²) in [5, 5.41) is 0.876. The van der Waals surface area contributed by atoms with E-state index in [0.29, 0.717) is 29.4 Å². The zero-order valence-electron chi connectivity index (χ0n) is 17.8. The number of aromatic nitrogens is 2. The third kappa shape index (κ3) is 3.41. The molecular formula is C25H22N2O5. The van der Waals surface area contributed by atoms with Gasteiger partial charge in [0, 0.05) is 17.1 Å². The summed E-state index contributed by atoms with van der Waals surface area (Å²) in [4.78, 5) is 17.8. The molecule has 0 bridgehead atoms. The number of fused-ring (bicyclic) bond motifs is 2. The lowest BCUT2D eigenvalue weighted by molar-refractivity contribution is 0.0516. The third-order valence-electron chi connectivity index (χ3n) is 5.44. The summed E-state index contributed by atoms with van der Waals surface area (Å²) in [5.74, 6) is 1.76. The average Bonchev–Trinajstić information content (AvgIpc) is 3.42.